The van der Waals surface area contributed by atoms with E-state index < -0.39 is 11.9 Å². The predicted molar refractivity (Wildman–Crippen MR) is 75.1 cm³/mol. The molecule has 0 radical (unpaired) electrons. The van der Waals surface area contributed by atoms with Crippen molar-refractivity contribution in [2.75, 3.05) is 32.0 Å². The normalized spacial score (nSPS) is 18.4. The zero-order valence-electron chi connectivity index (χ0n) is 11.8. The first-order valence-corrected chi connectivity index (χ1v) is 6.76. The molecule has 0 bridgehead atoms. The summed E-state index contributed by atoms with van der Waals surface area (Å²) in [6.07, 6.45) is 0. The molecule has 6 nitrogen and oxygen atoms in total. The Morgan fingerprint density at radius 3 is 2.95 bits per heavy atom. The van der Waals surface area contributed by atoms with Crippen LogP contribution in [-0.4, -0.2) is 49.1 Å². The quantitative estimate of drug-likeness (QED) is 0.790. The Kier molecular flexibility index (Phi) is 4.74. The molecule has 114 valence electrons. The molecule has 1 aliphatic heterocycles. The van der Waals surface area contributed by atoms with E-state index in [1.54, 1.807) is 6.92 Å². The molecular formula is C14H18FN3O3. The summed E-state index contributed by atoms with van der Waals surface area (Å²) in [6, 6.07) is 3.10. The van der Waals surface area contributed by atoms with Crippen molar-refractivity contribution >= 4 is 17.5 Å². The molecule has 1 heterocycles. The number of morpholine rings is 1. The zero-order chi connectivity index (χ0) is 15.4. The first-order valence-electron chi connectivity index (χ1n) is 6.76. The van der Waals surface area contributed by atoms with Crippen molar-refractivity contribution in [3.63, 3.8) is 0 Å². The van der Waals surface area contributed by atoms with Gasteiger partial charge in [-0.15, -0.1) is 0 Å². The number of hydrogen-bond acceptors (Lipinski definition) is 4. The summed E-state index contributed by atoms with van der Waals surface area (Å²) in [7, 11) is 0. The lowest BCUT2D eigenvalue weighted by Gasteiger charge is -2.34. The number of nitrogen functional groups attached to an aromatic ring is 1. The van der Waals surface area contributed by atoms with Crippen LogP contribution >= 0.6 is 0 Å². The Hall–Kier alpha value is -2.15. The molecule has 1 unspecified atom stereocenters. The number of rotatable bonds is 3. The van der Waals surface area contributed by atoms with Crippen LogP contribution in [0.15, 0.2) is 18.2 Å². The Labute approximate surface area is 122 Å². The molecular weight excluding hydrogens is 277 g/mol. The largest absolute Gasteiger partial charge is 0.396 e. The maximum Gasteiger partial charge on any atom is 0.254 e. The van der Waals surface area contributed by atoms with Crippen molar-refractivity contribution in [2.45, 2.75) is 13.0 Å². The van der Waals surface area contributed by atoms with E-state index >= 15 is 0 Å². The number of halogens is 1. The second-order valence-corrected chi connectivity index (χ2v) is 4.72. The Morgan fingerprint density at radius 1 is 1.52 bits per heavy atom. The number of carbonyl (C=O) groups is 2. The number of carbonyl (C=O) groups excluding carboxylic acids is 2. The fourth-order valence-corrected chi connectivity index (χ4v) is 2.20. The van der Waals surface area contributed by atoms with E-state index in [-0.39, 0.29) is 29.7 Å². The minimum absolute atomic E-state index is 0.0938. The third-order valence-corrected chi connectivity index (χ3v) is 3.29. The van der Waals surface area contributed by atoms with Crippen molar-refractivity contribution in [1.82, 2.24) is 10.2 Å². The minimum Gasteiger partial charge on any atom is -0.396 e. The zero-order valence-corrected chi connectivity index (χ0v) is 11.8. The van der Waals surface area contributed by atoms with Gasteiger partial charge >= 0.3 is 0 Å². The number of nitrogens with two attached hydrogens (primary N) is 1. The number of benzene rings is 1. The highest BCUT2D eigenvalue weighted by atomic mass is 19.1. The van der Waals surface area contributed by atoms with Gasteiger partial charge in [-0.2, -0.15) is 0 Å². The summed E-state index contributed by atoms with van der Waals surface area (Å²) in [5, 5.41) is 2.67. The topological polar surface area (TPSA) is 84.7 Å². The van der Waals surface area contributed by atoms with Crippen LogP contribution in [0.2, 0.25) is 0 Å². The summed E-state index contributed by atoms with van der Waals surface area (Å²) >= 11 is 0. The summed E-state index contributed by atoms with van der Waals surface area (Å²) in [4.78, 5) is 25.9. The summed E-state index contributed by atoms with van der Waals surface area (Å²) in [5.41, 5.74) is 5.64. The SMILES string of the molecule is CCNC(=O)C1COCCN1C(=O)c1ccc(F)c(N)c1. The molecule has 1 aromatic rings. The van der Waals surface area contributed by atoms with Crippen LogP contribution in [-0.2, 0) is 9.53 Å². The third-order valence-electron chi connectivity index (χ3n) is 3.29. The molecule has 0 aromatic heterocycles. The number of nitrogens with zero attached hydrogens (tertiary/aromatic N) is 1. The molecule has 0 spiro atoms. The molecule has 21 heavy (non-hydrogen) atoms. The molecule has 2 rings (SSSR count). The standard InChI is InChI=1S/C14H18FN3O3/c1-2-17-13(19)12-8-21-6-5-18(12)14(20)9-3-4-10(15)11(16)7-9/h3-4,7,12H,2,5-6,8,16H2,1H3,(H,17,19). The van der Waals surface area contributed by atoms with Crippen LogP contribution in [0, 0.1) is 5.82 Å². The molecule has 3 N–H and O–H groups in total. The van der Waals surface area contributed by atoms with E-state index in [0.717, 1.165) is 6.07 Å². The van der Waals surface area contributed by atoms with E-state index in [4.69, 9.17) is 10.5 Å². The third kappa shape index (κ3) is 3.30. The van der Waals surface area contributed by atoms with Gasteiger partial charge in [0.1, 0.15) is 11.9 Å². The highest BCUT2D eigenvalue weighted by molar-refractivity contribution is 5.98. The maximum absolute atomic E-state index is 13.2. The first-order chi connectivity index (χ1) is 10.0. The number of amides is 2. The van der Waals surface area contributed by atoms with Crippen LogP contribution in [0.1, 0.15) is 17.3 Å². The highest BCUT2D eigenvalue weighted by Crippen LogP contribution is 2.17. The number of nitrogens with one attached hydrogen (secondary N) is 1. The lowest BCUT2D eigenvalue weighted by molar-refractivity contribution is -0.130. The van der Waals surface area contributed by atoms with Crippen molar-refractivity contribution in [3.8, 4) is 0 Å². The van der Waals surface area contributed by atoms with E-state index in [1.165, 1.54) is 17.0 Å². The van der Waals surface area contributed by atoms with E-state index in [1.807, 2.05) is 0 Å². The number of ether oxygens (including phenoxy) is 1. The second-order valence-electron chi connectivity index (χ2n) is 4.72. The van der Waals surface area contributed by atoms with Gasteiger partial charge in [0.05, 0.1) is 18.9 Å². The monoisotopic (exact) mass is 295 g/mol. The Balaban J connectivity index is 2.21. The first kappa shape index (κ1) is 15.2. The van der Waals surface area contributed by atoms with Crippen molar-refractivity contribution in [2.24, 2.45) is 0 Å². The lowest BCUT2D eigenvalue weighted by Crippen LogP contribution is -2.55. The van der Waals surface area contributed by atoms with Crippen LogP contribution in [0.4, 0.5) is 10.1 Å². The van der Waals surface area contributed by atoms with Crippen molar-refractivity contribution in [1.29, 1.82) is 0 Å². The second kappa shape index (κ2) is 6.53. The van der Waals surface area contributed by atoms with Gasteiger partial charge in [-0.1, -0.05) is 0 Å². The maximum atomic E-state index is 13.2. The fourth-order valence-electron chi connectivity index (χ4n) is 2.20. The average Bonchev–Trinajstić information content (AvgIpc) is 2.49. The molecule has 1 fully saturated rings. The van der Waals surface area contributed by atoms with Gasteiger partial charge in [-0.3, -0.25) is 9.59 Å². The van der Waals surface area contributed by atoms with Crippen LogP contribution < -0.4 is 11.1 Å². The van der Waals surface area contributed by atoms with Gasteiger partial charge in [0.25, 0.3) is 5.91 Å². The summed E-state index contributed by atoms with van der Waals surface area (Å²) < 4.78 is 18.4. The molecule has 2 amide bonds. The van der Waals surface area contributed by atoms with Gasteiger partial charge in [0.15, 0.2) is 0 Å². The smallest absolute Gasteiger partial charge is 0.254 e. The molecule has 1 aliphatic rings. The predicted octanol–water partition coefficient (Wildman–Crippen LogP) is 0.385. The molecule has 1 atom stereocenters. The molecule has 1 aromatic carbocycles. The molecule has 1 saturated heterocycles. The molecule has 0 aliphatic carbocycles. The van der Waals surface area contributed by atoms with Crippen LogP contribution in [0.25, 0.3) is 0 Å². The Bertz CT molecular complexity index is 550. The Morgan fingerprint density at radius 2 is 2.29 bits per heavy atom. The van der Waals surface area contributed by atoms with Crippen LogP contribution in [0.5, 0.6) is 0 Å². The highest BCUT2D eigenvalue weighted by Gasteiger charge is 2.33. The van der Waals surface area contributed by atoms with E-state index in [0.29, 0.717) is 19.7 Å². The van der Waals surface area contributed by atoms with Gasteiger partial charge < -0.3 is 20.7 Å². The number of hydrogen-bond donors (Lipinski definition) is 2. The molecule has 0 saturated carbocycles. The average molecular weight is 295 g/mol. The van der Waals surface area contributed by atoms with E-state index in [9.17, 15) is 14.0 Å². The van der Waals surface area contributed by atoms with Crippen LogP contribution in [0.3, 0.4) is 0 Å². The van der Waals surface area contributed by atoms with E-state index in [2.05, 4.69) is 5.32 Å². The van der Waals surface area contributed by atoms with Gasteiger partial charge in [0.2, 0.25) is 5.91 Å². The van der Waals surface area contributed by atoms with Crippen molar-refractivity contribution in [3.05, 3.63) is 29.6 Å². The minimum atomic E-state index is -0.683. The van der Waals surface area contributed by atoms with Gasteiger partial charge in [0, 0.05) is 18.7 Å². The number of likely N-dealkylation sites (N-methyl/N-ethyl adjacent to an activating group) is 1. The van der Waals surface area contributed by atoms with Gasteiger partial charge in [-0.25, -0.2) is 4.39 Å². The number of anilines is 1. The molecule has 7 heteroatoms. The summed E-state index contributed by atoms with van der Waals surface area (Å²) in [6.45, 7) is 3.08. The van der Waals surface area contributed by atoms with Gasteiger partial charge in [-0.05, 0) is 25.1 Å². The fraction of sp³-hybridized carbons (Fsp3) is 0.429. The van der Waals surface area contributed by atoms with Crippen molar-refractivity contribution < 1.29 is 18.7 Å². The summed E-state index contributed by atoms with van der Waals surface area (Å²) in [5.74, 6) is -1.20. The lowest BCUT2D eigenvalue weighted by atomic mass is 10.1.